The van der Waals surface area contributed by atoms with Gasteiger partial charge in [-0.3, -0.25) is 9.59 Å². The molecule has 0 radical (unpaired) electrons. The number of carbonyl (C=O) groups is 1. The number of hydrogen-bond acceptors (Lipinski definition) is 5. The van der Waals surface area contributed by atoms with Crippen molar-refractivity contribution < 1.29 is 17.6 Å². The predicted octanol–water partition coefficient (Wildman–Crippen LogP) is 1.05. The second kappa shape index (κ2) is 8.13. The maximum atomic E-state index is 13.6. The molecule has 1 amide bonds. The molecule has 31 heavy (non-hydrogen) atoms. The molecule has 1 N–H and O–H groups in total. The Morgan fingerprint density at radius 2 is 2.06 bits per heavy atom. The summed E-state index contributed by atoms with van der Waals surface area (Å²) in [5.41, 5.74) is 0.790. The van der Waals surface area contributed by atoms with Gasteiger partial charge in [0, 0.05) is 38.3 Å². The maximum absolute atomic E-state index is 13.6. The zero-order valence-electron chi connectivity index (χ0n) is 17.3. The van der Waals surface area contributed by atoms with Gasteiger partial charge in [0.2, 0.25) is 0 Å². The minimum Gasteiger partial charge on any atom is -0.328 e. The molecule has 1 saturated heterocycles. The van der Waals surface area contributed by atoms with Crippen molar-refractivity contribution >= 4 is 16.1 Å². The molecule has 166 valence electrons. The molecule has 2 aliphatic heterocycles. The van der Waals surface area contributed by atoms with Crippen LogP contribution in [0.4, 0.5) is 4.39 Å². The van der Waals surface area contributed by atoms with Crippen molar-refractivity contribution in [1.29, 1.82) is 0 Å². The minimum absolute atomic E-state index is 0.00265. The van der Waals surface area contributed by atoms with E-state index in [0.717, 1.165) is 4.31 Å². The molecule has 1 aromatic carbocycles. The van der Waals surface area contributed by atoms with Crippen molar-refractivity contribution in [2.45, 2.75) is 31.8 Å². The van der Waals surface area contributed by atoms with E-state index in [0.29, 0.717) is 36.5 Å². The highest BCUT2D eigenvalue weighted by Crippen LogP contribution is 2.32. The van der Waals surface area contributed by atoms with Crippen LogP contribution in [0.1, 0.15) is 46.3 Å². The Bertz CT molecular complexity index is 1180. The summed E-state index contributed by atoms with van der Waals surface area (Å²) in [7, 11) is -0.729. The average Bonchev–Trinajstić information content (AvgIpc) is 3.22. The minimum atomic E-state index is -3.64. The molecule has 4 rings (SSSR count). The summed E-state index contributed by atoms with van der Waals surface area (Å²) >= 11 is 0. The van der Waals surface area contributed by atoms with Gasteiger partial charge in [0.15, 0.2) is 0 Å². The fourth-order valence-electron chi connectivity index (χ4n) is 4.10. The number of aromatic amines is 1. The van der Waals surface area contributed by atoms with E-state index in [4.69, 9.17) is 0 Å². The van der Waals surface area contributed by atoms with Crippen molar-refractivity contribution in [2.24, 2.45) is 0 Å². The lowest BCUT2D eigenvalue weighted by Gasteiger charge is -2.30. The zero-order valence-corrected chi connectivity index (χ0v) is 18.2. The lowest BCUT2D eigenvalue weighted by molar-refractivity contribution is 0.0728. The number of carbonyl (C=O) groups excluding carboxylic acids is 1. The second-order valence-electron chi connectivity index (χ2n) is 7.92. The summed E-state index contributed by atoms with van der Waals surface area (Å²) in [6.45, 7) is 0.657. The number of halogens is 1. The molecule has 0 bridgehead atoms. The van der Waals surface area contributed by atoms with Crippen LogP contribution in [0.15, 0.2) is 29.1 Å². The first-order valence-corrected chi connectivity index (χ1v) is 11.4. The molecule has 0 aliphatic carbocycles. The monoisotopic (exact) mass is 449 g/mol. The molecule has 2 aromatic rings. The van der Waals surface area contributed by atoms with Crippen LogP contribution in [0, 0.1) is 5.82 Å². The van der Waals surface area contributed by atoms with E-state index in [9.17, 15) is 22.4 Å². The quantitative estimate of drug-likeness (QED) is 0.751. The summed E-state index contributed by atoms with van der Waals surface area (Å²) in [5, 5.41) is 0. The van der Waals surface area contributed by atoms with Gasteiger partial charge in [-0.1, -0.05) is 6.07 Å². The highest BCUT2D eigenvalue weighted by Gasteiger charge is 2.35. The predicted molar refractivity (Wildman–Crippen MR) is 111 cm³/mol. The van der Waals surface area contributed by atoms with Gasteiger partial charge in [-0.25, -0.2) is 9.37 Å². The number of rotatable bonds is 4. The molecule has 2 aliphatic rings. The molecule has 3 heterocycles. The first-order valence-electron chi connectivity index (χ1n) is 10.0. The van der Waals surface area contributed by atoms with Crippen LogP contribution in [0.5, 0.6) is 0 Å². The van der Waals surface area contributed by atoms with E-state index in [-0.39, 0.29) is 36.5 Å². The third-order valence-corrected chi connectivity index (χ3v) is 7.63. The molecule has 9 nitrogen and oxygen atoms in total. The molecular formula is C20H24FN5O4S. The van der Waals surface area contributed by atoms with Crippen molar-refractivity contribution in [3.8, 4) is 0 Å². The van der Waals surface area contributed by atoms with E-state index in [1.165, 1.54) is 36.6 Å². The Morgan fingerprint density at radius 1 is 1.29 bits per heavy atom. The van der Waals surface area contributed by atoms with E-state index >= 15 is 0 Å². The molecular weight excluding hydrogens is 425 g/mol. The number of amides is 1. The van der Waals surface area contributed by atoms with E-state index < -0.39 is 22.1 Å². The average molecular weight is 450 g/mol. The molecule has 1 atom stereocenters. The van der Waals surface area contributed by atoms with Crippen LogP contribution in [0.3, 0.4) is 0 Å². The van der Waals surface area contributed by atoms with Crippen LogP contribution in [-0.4, -0.2) is 65.0 Å². The molecule has 11 heteroatoms. The van der Waals surface area contributed by atoms with Crippen LogP contribution < -0.4 is 5.56 Å². The largest absolute Gasteiger partial charge is 0.328 e. The highest BCUT2D eigenvalue weighted by atomic mass is 32.2. The SMILES string of the molecule is CN(C)S(=O)(=O)N1CCc2c(nc(C3CCCN3C(=O)c3cccc(F)c3)[nH]c2=O)C1. The number of likely N-dealkylation sites (tertiary alicyclic amines) is 1. The van der Waals surface area contributed by atoms with Crippen LogP contribution in [-0.2, 0) is 23.2 Å². The zero-order chi connectivity index (χ0) is 22.3. The molecule has 1 unspecified atom stereocenters. The van der Waals surface area contributed by atoms with Gasteiger partial charge in [-0.2, -0.15) is 17.0 Å². The van der Waals surface area contributed by atoms with Gasteiger partial charge in [-0.15, -0.1) is 0 Å². The lowest BCUT2D eigenvalue weighted by atomic mass is 10.1. The van der Waals surface area contributed by atoms with Crippen molar-refractivity contribution in [1.82, 2.24) is 23.5 Å². The number of nitrogens with one attached hydrogen (secondary N) is 1. The van der Waals surface area contributed by atoms with Crippen LogP contribution in [0.25, 0.3) is 0 Å². The van der Waals surface area contributed by atoms with Crippen molar-refractivity contribution in [3.63, 3.8) is 0 Å². The summed E-state index contributed by atoms with van der Waals surface area (Å²) in [4.78, 5) is 34.6. The fraction of sp³-hybridized carbons (Fsp3) is 0.450. The Morgan fingerprint density at radius 3 is 2.77 bits per heavy atom. The van der Waals surface area contributed by atoms with Crippen LogP contribution >= 0.6 is 0 Å². The van der Waals surface area contributed by atoms with Crippen molar-refractivity contribution in [2.75, 3.05) is 27.2 Å². The number of H-pyrrole nitrogens is 1. The van der Waals surface area contributed by atoms with Crippen LogP contribution in [0.2, 0.25) is 0 Å². The number of hydrogen-bond donors (Lipinski definition) is 1. The topological polar surface area (TPSA) is 107 Å². The summed E-state index contributed by atoms with van der Waals surface area (Å²) in [6, 6.07) is 5.02. The van der Waals surface area contributed by atoms with Gasteiger partial charge in [0.25, 0.3) is 21.7 Å². The third kappa shape index (κ3) is 4.00. The standard InChI is InChI=1S/C20H24FN5O4S/c1-24(2)31(29,30)25-10-8-15-16(12-25)22-18(23-19(15)27)17-7-4-9-26(17)20(28)13-5-3-6-14(21)11-13/h3,5-6,11,17H,4,7-10,12H2,1-2H3,(H,22,23,27). The number of benzene rings is 1. The summed E-state index contributed by atoms with van der Waals surface area (Å²) < 4.78 is 41.0. The number of aromatic nitrogens is 2. The maximum Gasteiger partial charge on any atom is 0.281 e. The van der Waals surface area contributed by atoms with Gasteiger partial charge < -0.3 is 9.88 Å². The number of fused-ring (bicyclic) bond motifs is 1. The first kappa shape index (κ1) is 21.6. The lowest BCUT2D eigenvalue weighted by Crippen LogP contribution is -2.44. The van der Waals surface area contributed by atoms with Crippen molar-refractivity contribution in [3.05, 3.63) is 63.1 Å². The summed E-state index contributed by atoms with van der Waals surface area (Å²) in [6.07, 6.45) is 1.58. The molecule has 0 saturated carbocycles. The fourth-order valence-corrected chi connectivity index (χ4v) is 5.17. The van der Waals surface area contributed by atoms with Gasteiger partial charge in [0.1, 0.15) is 11.6 Å². The Kier molecular flexibility index (Phi) is 5.67. The first-order chi connectivity index (χ1) is 14.7. The van der Waals surface area contributed by atoms with Gasteiger partial charge in [-0.05, 0) is 37.5 Å². The van der Waals surface area contributed by atoms with E-state index in [2.05, 4.69) is 9.97 Å². The smallest absolute Gasteiger partial charge is 0.281 e. The van der Waals surface area contributed by atoms with E-state index in [1.807, 2.05) is 0 Å². The Balaban J connectivity index is 1.65. The van der Waals surface area contributed by atoms with Gasteiger partial charge in [0.05, 0.1) is 18.3 Å². The molecule has 1 fully saturated rings. The highest BCUT2D eigenvalue weighted by molar-refractivity contribution is 7.86. The molecule has 1 aromatic heterocycles. The second-order valence-corrected chi connectivity index (χ2v) is 10.1. The summed E-state index contributed by atoms with van der Waals surface area (Å²) in [5.74, 6) is -0.501. The molecule has 0 spiro atoms. The van der Waals surface area contributed by atoms with Gasteiger partial charge >= 0.3 is 0 Å². The Hall–Kier alpha value is -2.63. The Labute approximate surface area is 179 Å². The normalized spacial score (nSPS) is 19.6. The number of nitrogens with zero attached hydrogens (tertiary/aromatic N) is 4. The third-order valence-electron chi connectivity index (χ3n) is 5.75. The van der Waals surface area contributed by atoms with E-state index in [1.54, 1.807) is 11.0 Å².